The molecule has 0 aliphatic rings. The Labute approximate surface area is 39.1 Å². The molecule has 0 heterocycles. The van der Waals surface area contributed by atoms with E-state index in [2.05, 4.69) is 0 Å². The van der Waals surface area contributed by atoms with Crippen molar-refractivity contribution in [1.82, 2.24) is 0 Å². The van der Waals surface area contributed by atoms with Gasteiger partial charge in [-0.25, -0.2) is 0 Å². The Bertz CT molecular complexity index is 5.51. The molecule has 0 bridgehead atoms. The molecule has 6 heavy (non-hydrogen) atoms. The van der Waals surface area contributed by atoms with Gasteiger partial charge >= 0.3 is 0 Å². The first-order chi connectivity index (χ1) is 2.41. The Balaban J connectivity index is -0.0000000275. The molecule has 0 saturated heterocycles. The van der Waals surface area contributed by atoms with Crippen molar-refractivity contribution in [3.63, 3.8) is 0 Å². The predicted octanol–water partition coefficient (Wildman–Crippen LogP) is 0.200. The number of aliphatic hydroxyl groups is 1. The van der Waals surface area contributed by atoms with Gasteiger partial charge in [0.25, 0.3) is 0 Å². The Hall–Kier alpha value is -0.0800. The Morgan fingerprint density at radius 2 is 1.33 bits per heavy atom. The first kappa shape index (κ1) is 16.8. The SMILES string of the molecule is CC.CCO.O. The zero-order chi connectivity index (χ0) is 4.71. The van der Waals surface area contributed by atoms with Crippen LogP contribution in [0.15, 0.2) is 0 Å². The van der Waals surface area contributed by atoms with Gasteiger partial charge in [-0.05, 0) is 6.92 Å². The summed E-state index contributed by atoms with van der Waals surface area (Å²) in [6, 6.07) is 0. The fourth-order valence-corrected chi connectivity index (χ4v) is 0. The molecule has 42 valence electrons. The molecule has 0 rings (SSSR count). The van der Waals surface area contributed by atoms with Crippen LogP contribution in [-0.2, 0) is 0 Å². The molecule has 0 aliphatic carbocycles. The number of hydrogen-bond donors (Lipinski definition) is 1. The molecule has 3 N–H and O–H groups in total. The van der Waals surface area contributed by atoms with Crippen LogP contribution in [-0.4, -0.2) is 17.2 Å². The van der Waals surface area contributed by atoms with Crippen molar-refractivity contribution in [2.75, 3.05) is 6.61 Å². The van der Waals surface area contributed by atoms with Gasteiger partial charge in [0.05, 0.1) is 0 Å². The van der Waals surface area contributed by atoms with E-state index in [0.717, 1.165) is 0 Å². The zero-order valence-corrected chi connectivity index (χ0v) is 4.65. The smallest absolute Gasteiger partial charge is 0.0402 e. The van der Waals surface area contributed by atoms with Gasteiger partial charge in [-0.2, -0.15) is 0 Å². The third-order valence-corrected chi connectivity index (χ3v) is 0. The van der Waals surface area contributed by atoms with Crippen molar-refractivity contribution in [3.05, 3.63) is 0 Å². The molecule has 0 aromatic carbocycles. The standard InChI is InChI=1S/C2H6O.C2H6.H2O/c1-2-3;1-2;/h3H,2H2,1H3;1-2H3;1H2. The monoisotopic (exact) mass is 94.1 g/mol. The van der Waals surface area contributed by atoms with Crippen LogP contribution in [0.1, 0.15) is 20.8 Å². The fourth-order valence-electron chi connectivity index (χ4n) is 0. The largest absolute Gasteiger partial charge is 0.412 e. The summed E-state index contributed by atoms with van der Waals surface area (Å²) in [5.74, 6) is 0. The highest BCUT2D eigenvalue weighted by atomic mass is 16.2. The van der Waals surface area contributed by atoms with E-state index in [1.165, 1.54) is 0 Å². The topological polar surface area (TPSA) is 51.7 Å². The van der Waals surface area contributed by atoms with Gasteiger partial charge in [-0.15, -0.1) is 0 Å². The van der Waals surface area contributed by atoms with Gasteiger partial charge in [0.1, 0.15) is 0 Å². The van der Waals surface area contributed by atoms with E-state index in [0.29, 0.717) is 0 Å². The van der Waals surface area contributed by atoms with E-state index in [1.807, 2.05) is 13.8 Å². The predicted molar refractivity (Wildman–Crippen MR) is 27.7 cm³/mol. The van der Waals surface area contributed by atoms with Crippen molar-refractivity contribution in [1.29, 1.82) is 0 Å². The lowest BCUT2D eigenvalue weighted by atomic mass is 10.9. The highest BCUT2D eigenvalue weighted by Crippen LogP contribution is 1.30. The average Bonchev–Trinajstić information content (AvgIpc) is 1.46. The molecular formula is C4H14O2. The average molecular weight is 94.2 g/mol. The van der Waals surface area contributed by atoms with E-state index < -0.39 is 0 Å². The third kappa shape index (κ3) is 5220. The maximum absolute atomic E-state index is 7.57. The molecule has 0 unspecified atom stereocenters. The van der Waals surface area contributed by atoms with E-state index in [4.69, 9.17) is 5.11 Å². The van der Waals surface area contributed by atoms with Crippen LogP contribution in [0.3, 0.4) is 0 Å². The minimum Gasteiger partial charge on any atom is -0.412 e. The molecule has 2 nitrogen and oxygen atoms in total. The third-order valence-electron chi connectivity index (χ3n) is 0. The minimum atomic E-state index is 0. The van der Waals surface area contributed by atoms with Gasteiger partial charge in [-0.3, -0.25) is 0 Å². The quantitative estimate of drug-likeness (QED) is 0.458. The molecule has 0 atom stereocenters. The van der Waals surface area contributed by atoms with Crippen LogP contribution in [0.4, 0.5) is 0 Å². The lowest BCUT2D eigenvalue weighted by Crippen LogP contribution is -1.57. The Kier molecular flexibility index (Phi) is 250. The highest BCUT2D eigenvalue weighted by Gasteiger charge is 1.34. The van der Waals surface area contributed by atoms with Gasteiger partial charge in [0.15, 0.2) is 0 Å². The van der Waals surface area contributed by atoms with Crippen molar-refractivity contribution >= 4 is 0 Å². The van der Waals surface area contributed by atoms with Crippen LogP contribution < -0.4 is 0 Å². The zero-order valence-electron chi connectivity index (χ0n) is 4.65. The summed E-state index contributed by atoms with van der Waals surface area (Å²) < 4.78 is 0. The molecule has 0 amide bonds. The second-order valence-electron chi connectivity index (χ2n) is 0.316. The molecule has 0 saturated carbocycles. The first-order valence-electron chi connectivity index (χ1n) is 2.02. The summed E-state index contributed by atoms with van der Waals surface area (Å²) in [5.41, 5.74) is 0. The van der Waals surface area contributed by atoms with Crippen molar-refractivity contribution in [3.8, 4) is 0 Å². The maximum Gasteiger partial charge on any atom is 0.0402 e. The Morgan fingerprint density at radius 1 is 1.33 bits per heavy atom. The Morgan fingerprint density at radius 3 is 1.33 bits per heavy atom. The highest BCUT2D eigenvalue weighted by molar-refractivity contribution is 3.84. The molecule has 0 aromatic rings. The molecule has 0 spiro atoms. The van der Waals surface area contributed by atoms with E-state index >= 15 is 0 Å². The summed E-state index contributed by atoms with van der Waals surface area (Å²) in [6.07, 6.45) is 0. The van der Waals surface area contributed by atoms with Crippen molar-refractivity contribution in [2.24, 2.45) is 0 Å². The fraction of sp³-hybridized carbons (Fsp3) is 1.00. The summed E-state index contributed by atoms with van der Waals surface area (Å²) in [4.78, 5) is 0. The van der Waals surface area contributed by atoms with Crippen molar-refractivity contribution < 1.29 is 10.6 Å². The molecule has 2 heteroatoms. The molecule has 0 radical (unpaired) electrons. The summed E-state index contributed by atoms with van der Waals surface area (Å²) >= 11 is 0. The first-order valence-corrected chi connectivity index (χ1v) is 2.02. The molecular weight excluding hydrogens is 80.0 g/mol. The lowest BCUT2D eigenvalue weighted by molar-refractivity contribution is 0.318. The number of hydrogen-bond acceptors (Lipinski definition) is 1. The molecule has 0 fully saturated rings. The van der Waals surface area contributed by atoms with Crippen molar-refractivity contribution in [2.45, 2.75) is 20.8 Å². The van der Waals surface area contributed by atoms with E-state index in [9.17, 15) is 0 Å². The second kappa shape index (κ2) is 89.3. The molecule has 0 aromatic heterocycles. The van der Waals surface area contributed by atoms with Crippen LogP contribution in [0.5, 0.6) is 0 Å². The maximum atomic E-state index is 7.57. The van der Waals surface area contributed by atoms with Crippen LogP contribution in [0, 0.1) is 0 Å². The van der Waals surface area contributed by atoms with Gasteiger partial charge in [0.2, 0.25) is 0 Å². The van der Waals surface area contributed by atoms with Gasteiger partial charge < -0.3 is 10.6 Å². The summed E-state index contributed by atoms with van der Waals surface area (Å²) in [7, 11) is 0. The number of aliphatic hydroxyl groups excluding tert-OH is 1. The summed E-state index contributed by atoms with van der Waals surface area (Å²) in [5, 5.41) is 7.57. The van der Waals surface area contributed by atoms with Crippen LogP contribution >= 0.6 is 0 Å². The van der Waals surface area contributed by atoms with Gasteiger partial charge in [-0.1, -0.05) is 13.8 Å². The minimum absolute atomic E-state index is 0. The van der Waals surface area contributed by atoms with E-state index in [1.54, 1.807) is 6.92 Å². The lowest BCUT2D eigenvalue weighted by Gasteiger charge is -1.52. The second-order valence-corrected chi connectivity index (χ2v) is 0.316. The van der Waals surface area contributed by atoms with Crippen LogP contribution in [0.2, 0.25) is 0 Å². The normalized spacial score (nSPS) is 4.00. The summed E-state index contributed by atoms with van der Waals surface area (Å²) in [6.45, 7) is 5.93. The van der Waals surface area contributed by atoms with E-state index in [-0.39, 0.29) is 12.1 Å². The molecule has 0 aliphatic heterocycles. The van der Waals surface area contributed by atoms with Crippen LogP contribution in [0.25, 0.3) is 0 Å². The van der Waals surface area contributed by atoms with Gasteiger partial charge in [0, 0.05) is 6.61 Å². The number of rotatable bonds is 0.